The van der Waals surface area contributed by atoms with Gasteiger partial charge < -0.3 is 14.5 Å². The van der Waals surface area contributed by atoms with Crippen LogP contribution in [0.4, 0.5) is 11.4 Å². The SMILES string of the molecule is O=C(Nc1ccc([N+](=O)[O-])cc1)c1ccc(COc2ccc(Br)cc2Cl)o1. The minimum Gasteiger partial charge on any atom is -0.484 e. The maximum Gasteiger partial charge on any atom is 0.291 e. The van der Waals surface area contributed by atoms with Crippen LogP contribution in [0.25, 0.3) is 0 Å². The van der Waals surface area contributed by atoms with Gasteiger partial charge in [0.25, 0.3) is 11.6 Å². The molecule has 1 amide bonds. The largest absolute Gasteiger partial charge is 0.484 e. The first-order valence-corrected chi connectivity index (χ1v) is 8.82. The van der Waals surface area contributed by atoms with Gasteiger partial charge >= 0.3 is 0 Å². The number of nitro benzene ring substituents is 1. The van der Waals surface area contributed by atoms with Crippen molar-refractivity contribution in [3.05, 3.63) is 85.7 Å². The van der Waals surface area contributed by atoms with E-state index in [2.05, 4.69) is 21.2 Å². The van der Waals surface area contributed by atoms with Crippen LogP contribution in [0.15, 0.2) is 63.5 Å². The Hall–Kier alpha value is -2.84. The molecule has 27 heavy (non-hydrogen) atoms. The number of nitrogens with one attached hydrogen (secondary N) is 1. The number of furan rings is 1. The van der Waals surface area contributed by atoms with E-state index in [-0.39, 0.29) is 18.1 Å². The van der Waals surface area contributed by atoms with Gasteiger partial charge in [-0.2, -0.15) is 0 Å². The first-order valence-electron chi connectivity index (χ1n) is 7.65. The fourth-order valence-corrected chi connectivity index (χ4v) is 2.91. The van der Waals surface area contributed by atoms with Crippen LogP contribution in [0.5, 0.6) is 5.75 Å². The highest BCUT2D eigenvalue weighted by atomic mass is 79.9. The molecule has 3 rings (SSSR count). The lowest BCUT2D eigenvalue weighted by molar-refractivity contribution is -0.384. The van der Waals surface area contributed by atoms with Gasteiger partial charge in [-0.3, -0.25) is 14.9 Å². The molecule has 7 nitrogen and oxygen atoms in total. The fourth-order valence-electron chi connectivity index (χ4n) is 2.18. The van der Waals surface area contributed by atoms with Crippen LogP contribution < -0.4 is 10.1 Å². The third-order valence-electron chi connectivity index (χ3n) is 3.49. The monoisotopic (exact) mass is 450 g/mol. The molecule has 0 aliphatic rings. The van der Waals surface area contributed by atoms with Gasteiger partial charge in [0.2, 0.25) is 0 Å². The fraction of sp³-hybridized carbons (Fsp3) is 0.0556. The van der Waals surface area contributed by atoms with Crippen LogP contribution in [0.1, 0.15) is 16.3 Å². The van der Waals surface area contributed by atoms with Crippen molar-refractivity contribution in [3.63, 3.8) is 0 Å². The van der Waals surface area contributed by atoms with Crippen molar-refractivity contribution in [1.29, 1.82) is 0 Å². The summed E-state index contributed by atoms with van der Waals surface area (Å²) in [6, 6.07) is 13.9. The van der Waals surface area contributed by atoms with E-state index < -0.39 is 10.8 Å². The number of nitro groups is 1. The van der Waals surface area contributed by atoms with Gasteiger partial charge in [0, 0.05) is 22.3 Å². The molecule has 0 fully saturated rings. The molecule has 0 saturated heterocycles. The van der Waals surface area contributed by atoms with E-state index in [0.717, 1.165) is 4.47 Å². The van der Waals surface area contributed by atoms with Crippen LogP contribution in [-0.4, -0.2) is 10.8 Å². The standard InChI is InChI=1S/C18H12BrClN2O5/c19-11-1-7-16(15(20)9-11)26-10-14-6-8-17(27-14)18(23)21-12-2-4-13(5-3-12)22(24)25/h1-9H,10H2,(H,21,23). The molecule has 1 heterocycles. The molecule has 0 radical (unpaired) electrons. The summed E-state index contributed by atoms with van der Waals surface area (Å²) in [4.78, 5) is 22.3. The lowest BCUT2D eigenvalue weighted by atomic mass is 10.3. The molecule has 0 aliphatic heterocycles. The van der Waals surface area contributed by atoms with Gasteiger partial charge in [0.1, 0.15) is 18.1 Å². The Morgan fingerprint density at radius 2 is 1.93 bits per heavy atom. The van der Waals surface area contributed by atoms with E-state index in [0.29, 0.717) is 22.2 Å². The van der Waals surface area contributed by atoms with Crippen molar-refractivity contribution in [1.82, 2.24) is 0 Å². The first kappa shape index (κ1) is 18.9. The van der Waals surface area contributed by atoms with Crippen molar-refractivity contribution in [3.8, 4) is 5.75 Å². The third kappa shape index (κ3) is 4.87. The zero-order valence-electron chi connectivity index (χ0n) is 13.6. The van der Waals surface area contributed by atoms with Gasteiger partial charge in [0.05, 0.1) is 9.95 Å². The Kier molecular flexibility index (Phi) is 5.78. The lowest BCUT2D eigenvalue weighted by Crippen LogP contribution is -2.10. The number of rotatable bonds is 6. The predicted octanol–water partition coefficient (Wildman–Crippen LogP) is 5.44. The van der Waals surface area contributed by atoms with Crippen LogP contribution in [0.2, 0.25) is 5.02 Å². The predicted molar refractivity (Wildman–Crippen MR) is 103 cm³/mol. The molecule has 9 heteroatoms. The number of non-ortho nitro benzene ring substituents is 1. The van der Waals surface area contributed by atoms with Gasteiger partial charge in [0.15, 0.2) is 5.76 Å². The number of hydrogen-bond donors (Lipinski definition) is 1. The Morgan fingerprint density at radius 1 is 1.19 bits per heavy atom. The summed E-state index contributed by atoms with van der Waals surface area (Å²) in [5.74, 6) is 0.557. The Labute approximate surface area is 167 Å². The second-order valence-electron chi connectivity index (χ2n) is 5.39. The average molecular weight is 452 g/mol. The van der Waals surface area contributed by atoms with Crippen molar-refractivity contribution in [2.45, 2.75) is 6.61 Å². The Morgan fingerprint density at radius 3 is 2.59 bits per heavy atom. The molecule has 0 atom stereocenters. The smallest absolute Gasteiger partial charge is 0.291 e. The summed E-state index contributed by atoms with van der Waals surface area (Å²) in [5.41, 5.74) is 0.360. The molecule has 0 saturated carbocycles. The maximum atomic E-state index is 12.2. The zero-order valence-corrected chi connectivity index (χ0v) is 16.0. The quantitative estimate of drug-likeness (QED) is 0.398. The third-order valence-corrected chi connectivity index (χ3v) is 4.27. The average Bonchev–Trinajstić information content (AvgIpc) is 3.10. The van der Waals surface area contributed by atoms with Crippen molar-refractivity contribution < 1.29 is 18.9 Å². The number of ether oxygens (including phenoxy) is 1. The highest BCUT2D eigenvalue weighted by Gasteiger charge is 2.13. The number of anilines is 1. The van der Waals surface area contributed by atoms with Crippen LogP contribution in [-0.2, 0) is 6.61 Å². The number of carbonyl (C=O) groups is 1. The topological polar surface area (TPSA) is 94.6 Å². The number of amides is 1. The molecule has 0 spiro atoms. The van der Waals surface area contributed by atoms with E-state index in [4.69, 9.17) is 20.8 Å². The molecule has 1 aromatic heterocycles. The van der Waals surface area contributed by atoms with Crippen molar-refractivity contribution >= 4 is 44.8 Å². The molecule has 0 bridgehead atoms. The number of benzene rings is 2. The van der Waals surface area contributed by atoms with Gasteiger partial charge in [-0.15, -0.1) is 0 Å². The van der Waals surface area contributed by atoms with Crippen LogP contribution in [0, 0.1) is 10.1 Å². The zero-order chi connectivity index (χ0) is 19.4. The summed E-state index contributed by atoms with van der Waals surface area (Å²) in [7, 11) is 0. The minimum absolute atomic E-state index is 0.0583. The number of nitrogens with zero attached hydrogens (tertiary/aromatic N) is 1. The highest BCUT2D eigenvalue weighted by Crippen LogP contribution is 2.28. The molecule has 3 aromatic rings. The van der Waals surface area contributed by atoms with E-state index in [1.54, 1.807) is 24.3 Å². The van der Waals surface area contributed by atoms with E-state index in [1.807, 2.05) is 0 Å². The number of carbonyl (C=O) groups excluding carboxylic acids is 1. The molecule has 2 aromatic carbocycles. The van der Waals surface area contributed by atoms with Gasteiger partial charge in [-0.05, 0) is 42.5 Å². The number of halogens is 2. The Bertz CT molecular complexity index is 988. The molecule has 1 N–H and O–H groups in total. The van der Waals surface area contributed by atoms with Gasteiger partial charge in [-0.1, -0.05) is 27.5 Å². The summed E-state index contributed by atoms with van der Waals surface area (Å²) >= 11 is 9.39. The maximum absolute atomic E-state index is 12.2. The second kappa shape index (κ2) is 8.24. The molecule has 0 unspecified atom stereocenters. The summed E-state index contributed by atoms with van der Waals surface area (Å²) in [6.07, 6.45) is 0. The highest BCUT2D eigenvalue weighted by molar-refractivity contribution is 9.10. The molecule has 0 aliphatic carbocycles. The summed E-state index contributed by atoms with van der Waals surface area (Å²) in [6.45, 7) is 0.103. The van der Waals surface area contributed by atoms with Crippen LogP contribution >= 0.6 is 27.5 Å². The van der Waals surface area contributed by atoms with Crippen LogP contribution in [0.3, 0.4) is 0 Å². The van der Waals surface area contributed by atoms with Gasteiger partial charge in [-0.25, -0.2) is 0 Å². The van der Waals surface area contributed by atoms with Crippen molar-refractivity contribution in [2.24, 2.45) is 0 Å². The molecular weight excluding hydrogens is 440 g/mol. The van der Waals surface area contributed by atoms with E-state index >= 15 is 0 Å². The molecule has 138 valence electrons. The molecular formula is C18H12BrClN2O5. The normalized spacial score (nSPS) is 10.4. The minimum atomic E-state index is -0.512. The second-order valence-corrected chi connectivity index (χ2v) is 6.71. The van der Waals surface area contributed by atoms with E-state index in [1.165, 1.54) is 30.3 Å². The van der Waals surface area contributed by atoms with E-state index in [9.17, 15) is 14.9 Å². The Balaban J connectivity index is 1.61. The lowest BCUT2D eigenvalue weighted by Gasteiger charge is -2.06. The summed E-state index contributed by atoms with van der Waals surface area (Å²) in [5, 5.41) is 13.7. The first-order chi connectivity index (χ1) is 12.9. The van der Waals surface area contributed by atoms with Crippen molar-refractivity contribution in [2.75, 3.05) is 5.32 Å². The summed E-state index contributed by atoms with van der Waals surface area (Å²) < 4.78 is 11.9. The number of hydrogen-bond acceptors (Lipinski definition) is 5.